The van der Waals surface area contributed by atoms with Crippen molar-refractivity contribution < 1.29 is 18.4 Å². The fourth-order valence-corrected chi connectivity index (χ4v) is 4.30. The quantitative estimate of drug-likeness (QED) is 0.486. The summed E-state index contributed by atoms with van der Waals surface area (Å²) in [6.45, 7) is 1.32. The van der Waals surface area contributed by atoms with Crippen molar-refractivity contribution in [3.8, 4) is 0 Å². The second-order valence-electron chi connectivity index (χ2n) is 8.39. The van der Waals surface area contributed by atoms with Crippen molar-refractivity contribution in [2.75, 3.05) is 13.1 Å². The number of halogens is 2. The Bertz CT molecular complexity index is 1370. The van der Waals surface area contributed by atoms with Gasteiger partial charge in [-0.3, -0.25) is 9.59 Å². The molecule has 1 unspecified atom stereocenters. The third-order valence-electron chi connectivity index (χ3n) is 6.20. The van der Waals surface area contributed by atoms with Crippen molar-refractivity contribution in [1.29, 1.82) is 0 Å². The Morgan fingerprint density at radius 2 is 1.85 bits per heavy atom. The number of amides is 2. The first-order chi connectivity index (χ1) is 16.5. The van der Waals surface area contributed by atoms with Crippen LogP contribution in [0.3, 0.4) is 0 Å². The molecule has 2 amide bonds. The molecule has 34 heavy (non-hydrogen) atoms. The lowest BCUT2D eigenvalue weighted by Gasteiger charge is -2.17. The van der Waals surface area contributed by atoms with Crippen molar-refractivity contribution >= 4 is 17.5 Å². The van der Waals surface area contributed by atoms with Crippen molar-refractivity contribution in [2.24, 2.45) is 0 Å². The summed E-state index contributed by atoms with van der Waals surface area (Å²) in [6.07, 6.45) is 6.22. The largest absolute Gasteiger partial charge is 0.348 e. The van der Waals surface area contributed by atoms with Crippen LogP contribution >= 0.6 is 0 Å². The number of fused-ring (bicyclic) bond motifs is 1. The highest BCUT2D eigenvalue weighted by Gasteiger charge is 2.29. The van der Waals surface area contributed by atoms with Gasteiger partial charge in [-0.2, -0.15) is 0 Å². The van der Waals surface area contributed by atoms with Crippen LogP contribution in [-0.2, 0) is 6.54 Å². The number of hydrogen-bond donors (Lipinski definition) is 1. The van der Waals surface area contributed by atoms with Crippen molar-refractivity contribution in [2.45, 2.75) is 18.9 Å². The molecule has 1 N–H and O–H groups in total. The van der Waals surface area contributed by atoms with Crippen molar-refractivity contribution in [3.63, 3.8) is 0 Å². The number of nitrogens with zero attached hydrogens (tertiary/aromatic N) is 3. The molecule has 0 spiro atoms. The number of benzene rings is 2. The molecule has 172 valence electrons. The minimum Gasteiger partial charge on any atom is -0.348 e. The zero-order chi connectivity index (χ0) is 23.7. The predicted octanol–water partition coefficient (Wildman–Crippen LogP) is 4.17. The number of likely N-dealkylation sites (tertiary alicyclic amines) is 1. The molecule has 0 bridgehead atoms. The van der Waals surface area contributed by atoms with Crippen LogP contribution in [0.4, 0.5) is 8.78 Å². The zero-order valence-electron chi connectivity index (χ0n) is 18.2. The molecule has 1 aliphatic rings. The number of pyridine rings is 1. The summed E-state index contributed by atoms with van der Waals surface area (Å²) in [6, 6.07) is 14.2. The molecule has 6 nitrogen and oxygen atoms in total. The van der Waals surface area contributed by atoms with E-state index in [4.69, 9.17) is 0 Å². The second-order valence-corrected chi connectivity index (χ2v) is 8.39. The minimum absolute atomic E-state index is 0.0887. The first kappa shape index (κ1) is 21.8. The van der Waals surface area contributed by atoms with Gasteiger partial charge in [0.2, 0.25) is 0 Å². The van der Waals surface area contributed by atoms with E-state index >= 15 is 0 Å². The molecule has 3 heterocycles. The normalized spacial score (nSPS) is 15.6. The van der Waals surface area contributed by atoms with Gasteiger partial charge in [0.15, 0.2) is 0 Å². The van der Waals surface area contributed by atoms with Gasteiger partial charge in [0.25, 0.3) is 11.8 Å². The van der Waals surface area contributed by atoms with E-state index < -0.39 is 17.5 Å². The minimum atomic E-state index is -0.853. The standard InChI is InChI=1S/C26H22F2N4O2/c27-21-5-6-22(23(28)14-21)26(34)32-11-8-20(16-32)18-1-3-19(4-2-18)25(33)30-15-17-7-10-31-12-9-29-24(31)13-17/h1-7,9-10,12-14,20H,8,11,15-16H2,(H,30,33). The highest BCUT2D eigenvalue weighted by molar-refractivity contribution is 5.95. The number of hydrogen-bond acceptors (Lipinski definition) is 3. The molecule has 8 heteroatoms. The fourth-order valence-electron chi connectivity index (χ4n) is 4.30. The molecular weight excluding hydrogens is 438 g/mol. The molecule has 4 aromatic rings. The molecule has 1 saturated heterocycles. The lowest BCUT2D eigenvalue weighted by atomic mass is 9.97. The van der Waals surface area contributed by atoms with Gasteiger partial charge in [-0.15, -0.1) is 0 Å². The van der Waals surface area contributed by atoms with Gasteiger partial charge in [0.1, 0.15) is 17.3 Å². The van der Waals surface area contributed by atoms with Gasteiger partial charge < -0.3 is 14.6 Å². The van der Waals surface area contributed by atoms with Crippen LogP contribution < -0.4 is 5.32 Å². The van der Waals surface area contributed by atoms with E-state index in [-0.39, 0.29) is 17.4 Å². The molecular formula is C26H22F2N4O2. The fraction of sp³-hybridized carbons (Fsp3) is 0.192. The molecule has 2 aromatic heterocycles. The Kier molecular flexibility index (Phi) is 5.79. The maximum absolute atomic E-state index is 14.0. The maximum Gasteiger partial charge on any atom is 0.256 e. The van der Waals surface area contributed by atoms with Gasteiger partial charge in [0.05, 0.1) is 5.56 Å². The van der Waals surface area contributed by atoms with Gasteiger partial charge in [0, 0.05) is 55.8 Å². The van der Waals surface area contributed by atoms with E-state index in [0.29, 0.717) is 25.2 Å². The monoisotopic (exact) mass is 460 g/mol. The van der Waals surface area contributed by atoms with E-state index in [1.165, 1.54) is 6.07 Å². The Morgan fingerprint density at radius 3 is 2.65 bits per heavy atom. The number of rotatable bonds is 5. The lowest BCUT2D eigenvalue weighted by molar-refractivity contribution is 0.0785. The summed E-state index contributed by atoms with van der Waals surface area (Å²) in [7, 11) is 0. The zero-order valence-corrected chi connectivity index (χ0v) is 18.2. The number of carbonyl (C=O) groups is 2. The van der Waals surface area contributed by atoms with Gasteiger partial charge >= 0.3 is 0 Å². The van der Waals surface area contributed by atoms with Gasteiger partial charge in [-0.1, -0.05) is 12.1 Å². The van der Waals surface area contributed by atoms with E-state index in [2.05, 4.69) is 10.3 Å². The Hall–Kier alpha value is -4.07. The summed E-state index contributed by atoms with van der Waals surface area (Å²) in [5.41, 5.74) is 3.21. The summed E-state index contributed by atoms with van der Waals surface area (Å²) >= 11 is 0. The first-order valence-electron chi connectivity index (χ1n) is 11.0. The summed E-state index contributed by atoms with van der Waals surface area (Å²) in [4.78, 5) is 31.0. The second kappa shape index (κ2) is 9.05. The Labute approximate surface area is 194 Å². The maximum atomic E-state index is 14.0. The number of nitrogens with one attached hydrogen (secondary N) is 1. The molecule has 0 radical (unpaired) electrons. The van der Waals surface area contributed by atoms with Gasteiger partial charge in [-0.25, -0.2) is 13.8 Å². The van der Waals surface area contributed by atoms with Crippen LogP contribution in [0.15, 0.2) is 73.2 Å². The van der Waals surface area contributed by atoms with E-state index in [9.17, 15) is 18.4 Å². The smallest absolute Gasteiger partial charge is 0.256 e. The molecule has 1 fully saturated rings. The Balaban J connectivity index is 1.19. The number of aromatic nitrogens is 2. The number of imidazole rings is 1. The lowest BCUT2D eigenvalue weighted by Crippen LogP contribution is -2.29. The summed E-state index contributed by atoms with van der Waals surface area (Å²) < 4.78 is 29.0. The third kappa shape index (κ3) is 4.39. The SMILES string of the molecule is O=C(NCc1ccn2ccnc2c1)c1ccc(C2CCN(C(=O)c3ccc(F)cc3F)C2)cc1. The third-order valence-corrected chi connectivity index (χ3v) is 6.20. The summed E-state index contributed by atoms with van der Waals surface area (Å²) in [5.74, 6) is -2.09. The van der Waals surface area contributed by atoms with Crippen LogP contribution in [0.2, 0.25) is 0 Å². The average Bonchev–Trinajstić information content (AvgIpc) is 3.52. The van der Waals surface area contributed by atoms with Crippen LogP contribution in [0, 0.1) is 11.6 Å². The number of carbonyl (C=O) groups excluding carboxylic acids is 2. The van der Waals surface area contributed by atoms with Gasteiger partial charge in [-0.05, 0) is 53.9 Å². The van der Waals surface area contributed by atoms with Crippen molar-refractivity contribution in [3.05, 3.63) is 107 Å². The van der Waals surface area contributed by atoms with Crippen LogP contribution in [0.5, 0.6) is 0 Å². The molecule has 5 rings (SSSR count). The van der Waals surface area contributed by atoms with Crippen LogP contribution in [0.1, 0.15) is 44.2 Å². The van der Waals surface area contributed by atoms with Crippen LogP contribution in [-0.4, -0.2) is 39.2 Å². The molecule has 0 aliphatic carbocycles. The van der Waals surface area contributed by atoms with E-state index in [1.54, 1.807) is 23.2 Å². The van der Waals surface area contributed by atoms with Crippen molar-refractivity contribution in [1.82, 2.24) is 19.6 Å². The van der Waals surface area contributed by atoms with E-state index in [0.717, 1.165) is 35.3 Å². The molecule has 2 aromatic carbocycles. The molecule has 1 atom stereocenters. The molecule has 0 saturated carbocycles. The predicted molar refractivity (Wildman–Crippen MR) is 122 cm³/mol. The van der Waals surface area contributed by atoms with E-state index in [1.807, 2.05) is 41.1 Å². The average molecular weight is 460 g/mol. The Morgan fingerprint density at radius 1 is 1.03 bits per heavy atom. The molecule has 1 aliphatic heterocycles. The summed E-state index contributed by atoms with van der Waals surface area (Å²) in [5, 5.41) is 2.92. The first-order valence-corrected chi connectivity index (χ1v) is 11.0. The highest BCUT2D eigenvalue weighted by atomic mass is 19.1. The van der Waals surface area contributed by atoms with Crippen LogP contribution in [0.25, 0.3) is 5.65 Å². The highest BCUT2D eigenvalue weighted by Crippen LogP contribution is 2.29. The topological polar surface area (TPSA) is 66.7 Å².